The Kier molecular flexibility index (Phi) is 7.24. The molecule has 0 atom stereocenters. The van der Waals surface area contributed by atoms with Crippen LogP contribution in [0.3, 0.4) is 0 Å². The van der Waals surface area contributed by atoms with Crippen molar-refractivity contribution in [1.29, 1.82) is 0 Å². The molecule has 0 aliphatic rings. The molecule has 4 nitrogen and oxygen atoms in total. The van der Waals surface area contributed by atoms with Crippen LogP contribution < -0.4 is 17.2 Å². The van der Waals surface area contributed by atoms with Gasteiger partial charge >= 0.3 is 0 Å². The maximum Gasteiger partial charge on any atom is 0.0366 e. The molecule has 4 heteroatoms. The highest BCUT2D eigenvalue weighted by Gasteiger charge is 1.95. The predicted molar refractivity (Wildman–Crippen MR) is 57.6 cm³/mol. The molecule has 0 aromatic rings. The molecule has 0 heterocycles. The van der Waals surface area contributed by atoms with Crippen molar-refractivity contribution in [3.05, 3.63) is 11.8 Å². The molecule has 0 radical (unpaired) electrons. The fraction of sp³-hybridized carbons (Fsp3) is 0.667. The minimum Gasteiger partial charge on any atom is -0.401 e. The third kappa shape index (κ3) is 6.31. The maximum absolute atomic E-state index is 5.60. The number of hydrogen-bond donors (Lipinski definition) is 3. The minimum atomic E-state index is 0.380. The first kappa shape index (κ1) is 12.1. The van der Waals surface area contributed by atoms with E-state index >= 15 is 0 Å². The van der Waals surface area contributed by atoms with Gasteiger partial charge in [-0.05, 0) is 32.4 Å². The Hall–Kier alpha value is -0.870. The van der Waals surface area contributed by atoms with Gasteiger partial charge in [0.25, 0.3) is 0 Å². The van der Waals surface area contributed by atoms with Crippen molar-refractivity contribution in [3.63, 3.8) is 0 Å². The molecule has 0 saturated heterocycles. The van der Waals surface area contributed by atoms with E-state index in [1.54, 1.807) is 0 Å². The molecule has 0 fully saturated rings. The lowest BCUT2D eigenvalue weighted by molar-refractivity contribution is 0.873. The molecule has 0 aliphatic heterocycles. The molecule has 0 spiro atoms. The molecule has 13 heavy (non-hydrogen) atoms. The van der Waals surface area contributed by atoms with E-state index in [4.69, 9.17) is 17.2 Å². The highest BCUT2D eigenvalue weighted by molar-refractivity contribution is 5.95. The number of nitrogens with two attached hydrogens (primary N) is 3. The molecule has 76 valence electrons. The third-order valence-electron chi connectivity index (χ3n) is 1.59. The Bertz CT molecular complexity index is 184. The highest BCUT2D eigenvalue weighted by Crippen LogP contribution is 1.96. The molecule has 0 saturated carbocycles. The van der Waals surface area contributed by atoms with Crippen LogP contribution in [0.5, 0.6) is 0 Å². The van der Waals surface area contributed by atoms with Crippen molar-refractivity contribution >= 4 is 5.71 Å². The topological polar surface area (TPSA) is 90.4 Å². The molecule has 0 aliphatic carbocycles. The standard InChI is InChI=1S/C9H20N4/c1-2-13-9(4-3-5-10)6-8(12)7-11/h6H,2-5,7,10-12H2,1H3. The summed E-state index contributed by atoms with van der Waals surface area (Å²) in [5.74, 6) is 0. The van der Waals surface area contributed by atoms with Crippen LogP contribution in [0.1, 0.15) is 19.8 Å². The zero-order valence-corrected chi connectivity index (χ0v) is 8.29. The number of aliphatic imine (C=N–C) groups is 1. The van der Waals surface area contributed by atoms with Gasteiger partial charge in [-0.1, -0.05) is 0 Å². The van der Waals surface area contributed by atoms with Crippen molar-refractivity contribution in [1.82, 2.24) is 0 Å². The molecule has 0 rings (SSSR count). The van der Waals surface area contributed by atoms with E-state index in [-0.39, 0.29) is 0 Å². The lowest BCUT2D eigenvalue weighted by Crippen LogP contribution is -2.13. The predicted octanol–water partition coefficient (Wildman–Crippen LogP) is -0.0125. The zero-order valence-electron chi connectivity index (χ0n) is 8.29. The van der Waals surface area contributed by atoms with Crippen molar-refractivity contribution in [2.75, 3.05) is 19.6 Å². The van der Waals surface area contributed by atoms with Gasteiger partial charge in [-0.15, -0.1) is 0 Å². The van der Waals surface area contributed by atoms with Crippen LogP contribution in [0.4, 0.5) is 0 Å². The van der Waals surface area contributed by atoms with Gasteiger partial charge in [0.2, 0.25) is 0 Å². The van der Waals surface area contributed by atoms with Gasteiger partial charge in [-0.2, -0.15) is 0 Å². The Labute approximate surface area is 79.9 Å². The fourth-order valence-electron chi connectivity index (χ4n) is 0.956. The van der Waals surface area contributed by atoms with Crippen molar-refractivity contribution < 1.29 is 0 Å². The van der Waals surface area contributed by atoms with Crippen LogP contribution in [0.15, 0.2) is 16.8 Å². The van der Waals surface area contributed by atoms with Crippen LogP contribution in [-0.4, -0.2) is 25.3 Å². The van der Waals surface area contributed by atoms with Gasteiger partial charge < -0.3 is 17.2 Å². The largest absolute Gasteiger partial charge is 0.401 e. The van der Waals surface area contributed by atoms with Gasteiger partial charge in [0.05, 0.1) is 0 Å². The number of rotatable bonds is 6. The van der Waals surface area contributed by atoms with Crippen LogP contribution in [0.25, 0.3) is 0 Å². The van der Waals surface area contributed by atoms with E-state index in [1.807, 2.05) is 13.0 Å². The van der Waals surface area contributed by atoms with E-state index in [1.165, 1.54) is 0 Å². The average Bonchev–Trinajstić information content (AvgIpc) is 2.14. The molecule has 0 unspecified atom stereocenters. The summed E-state index contributed by atoms with van der Waals surface area (Å²) in [6.07, 6.45) is 3.66. The van der Waals surface area contributed by atoms with Gasteiger partial charge in [-0.3, -0.25) is 4.99 Å². The molecule has 0 amide bonds. The monoisotopic (exact) mass is 184 g/mol. The Morgan fingerprint density at radius 2 is 2.08 bits per heavy atom. The first-order chi connectivity index (χ1) is 6.24. The van der Waals surface area contributed by atoms with Crippen molar-refractivity contribution in [2.45, 2.75) is 19.8 Å². The second-order valence-corrected chi connectivity index (χ2v) is 2.78. The molecule has 0 bridgehead atoms. The molecular formula is C9H20N4. The van der Waals surface area contributed by atoms with E-state index in [9.17, 15) is 0 Å². The lowest BCUT2D eigenvalue weighted by Gasteiger charge is -2.01. The lowest BCUT2D eigenvalue weighted by atomic mass is 10.2. The summed E-state index contributed by atoms with van der Waals surface area (Å²) in [5, 5.41) is 0. The summed E-state index contributed by atoms with van der Waals surface area (Å²) in [6, 6.07) is 0. The van der Waals surface area contributed by atoms with Crippen LogP contribution in [0.2, 0.25) is 0 Å². The quantitative estimate of drug-likeness (QED) is 0.507. The summed E-state index contributed by atoms with van der Waals surface area (Å²) in [5.41, 5.74) is 18.0. The van der Waals surface area contributed by atoms with E-state index in [2.05, 4.69) is 4.99 Å². The van der Waals surface area contributed by atoms with Crippen LogP contribution in [0, 0.1) is 0 Å². The third-order valence-corrected chi connectivity index (χ3v) is 1.59. The number of hydrogen-bond acceptors (Lipinski definition) is 4. The average molecular weight is 184 g/mol. The van der Waals surface area contributed by atoms with Gasteiger partial charge in [0, 0.05) is 24.5 Å². The van der Waals surface area contributed by atoms with Crippen molar-refractivity contribution in [3.8, 4) is 0 Å². The van der Waals surface area contributed by atoms with Crippen molar-refractivity contribution in [2.24, 2.45) is 22.2 Å². The normalized spacial score (nSPS) is 13.5. The summed E-state index contributed by atoms with van der Waals surface area (Å²) in [7, 11) is 0. The second kappa shape index (κ2) is 7.76. The Balaban J connectivity index is 4.17. The summed E-state index contributed by atoms with van der Waals surface area (Å²) >= 11 is 0. The Morgan fingerprint density at radius 3 is 2.54 bits per heavy atom. The maximum atomic E-state index is 5.60. The van der Waals surface area contributed by atoms with E-state index in [0.717, 1.165) is 25.1 Å². The fourth-order valence-corrected chi connectivity index (χ4v) is 0.956. The number of nitrogens with zero attached hydrogens (tertiary/aromatic N) is 1. The highest BCUT2D eigenvalue weighted by atomic mass is 14.7. The first-order valence-electron chi connectivity index (χ1n) is 4.64. The second-order valence-electron chi connectivity index (χ2n) is 2.78. The van der Waals surface area contributed by atoms with Gasteiger partial charge in [0.15, 0.2) is 0 Å². The summed E-state index contributed by atoms with van der Waals surface area (Å²) in [4.78, 5) is 4.30. The molecule has 0 aromatic carbocycles. The molecule has 0 aromatic heterocycles. The Morgan fingerprint density at radius 1 is 1.38 bits per heavy atom. The van der Waals surface area contributed by atoms with E-state index in [0.29, 0.717) is 18.8 Å². The van der Waals surface area contributed by atoms with Crippen LogP contribution >= 0.6 is 0 Å². The van der Waals surface area contributed by atoms with Gasteiger partial charge in [-0.25, -0.2) is 0 Å². The molecular weight excluding hydrogens is 164 g/mol. The summed E-state index contributed by atoms with van der Waals surface area (Å²) < 4.78 is 0. The van der Waals surface area contributed by atoms with Gasteiger partial charge in [0.1, 0.15) is 0 Å². The summed E-state index contributed by atoms with van der Waals surface area (Å²) in [6.45, 7) is 3.83. The van der Waals surface area contributed by atoms with E-state index < -0.39 is 0 Å². The van der Waals surface area contributed by atoms with Crippen LogP contribution in [-0.2, 0) is 0 Å². The number of allylic oxidation sites excluding steroid dienone is 1. The smallest absolute Gasteiger partial charge is 0.0366 e. The SMILES string of the molecule is CCN=C(C=C(N)CN)CCCN. The molecule has 6 N–H and O–H groups in total. The zero-order chi connectivity index (χ0) is 10.1. The minimum absolute atomic E-state index is 0.380. The first-order valence-corrected chi connectivity index (χ1v) is 4.64.